The number of carbonyl (C=O) groups excluding carboxylic acids is 1. The second-order valence-electron chi connectivity index (χ2n) is 9.19. The summed E-state index contributed by atoms with van der Waals surface area (Å²) in [6, 6.07) is 4.08. The lowest BCUT2D eigenvalue weighted by Gasteiger charge is -2.37. The van der Waals surface area contributed by atoms with E-state index in [1.54, 1.807) is 12.4 Å². The predicted molar refractivity (Wildman–Crippen MR) is 121 cm³/mol. The number of furan rings is 1. The molecule has 7 nitrogen and oxygen atoms in total. The molecule has 162 valence electrons. The molecule has 1 aliphatic heterocycles. The van der Waals surface area contributed by atoms with Crippen molar-refractivity contribution in [2.24, 2.45) is 11.7 Å². The third-order valence-electron chi connectivity index (χ3n) is 6.69. The number of nitrogens with zero attached hydrogens (tertiary/aromatic N) is 3. The zero-order valence-corrected chi connectivity index (χ0v) is 17.9. The monoisotopic (exact) mass is 419 g/mol. The molecular weight excluding hydrogens is 390 g/mol. The number of ketones is 1. The molecule has 0 radical (unpaired) electrons. The quantitative estimate of drug-likeness (QED) is 0.607. The van der Waals surface area contributed by atoms with Crippen molar-refractivity contribution in [3.05, 3.63) is 47.4 Å². The van der Waals surface area contributed by atoms with E-state index in [2.05, 4.69) is 21.8 Å². The fourth-order valence-corrected chi connectivity index (χ4v) is 4.97. The van der Waals surface area contributed by atoms with Crippen LogP contribution in [0.4, 0.5) is 11.6 Å². The van der Waals surface area contributed by atoms with Crippen molar-refractivity contribution in [3.8, 4) is 0 Å². The van der Waals surface area contributed by atoms with E-state index < -0.39 is 0 Å². The SMILES string of the molecule is C[C@@H]1C[C@H](N)CN(c2ccncc2CC(=O)c2c(N)oc3cc(C4CCC4)cnc23)C1. The summed E-state index contributed by atoms with van der Waals surface area (Å²) in [6.07, 6.45) is 10.2. The smallest absolute Gasteiger partial charge is 0.204 e. The number of aromatic nitrogens is 2. The third kappa shape index (κ3) is 3.78. The Morgan fingerprint density at radius 2 is 2.13 bits per heavy atom. The van der Waals surface area contributed by atoms with Crippen LogP contribution >= 0.6 is 0 Å². The van der Waals surface area contributed by atoms with Gasteiger partial charge < -0.3 is 20.8 Å². The first-order valence-corrected chi connectivity index (χ1v) is 11.1. The second-order valence-corrected chi connectivity index (χ2v) is 9.19. The van der Waals surface area contributed by atoms with Crippen molar-refractivity contribution in [2.45, 2.75) is 51.0 Å². The van der Waals surface area contributed by atoms with Crippen LogP contribution in [0.2, 0.25) is 0 Å². The number of carbonyl (C=O) groups is 1. The van der Waals surface area contributed by atoms with E-state index in [0.717, 1.165) is 36.3 Å². The van der Waals surface area contributed by atoms with Crippen LogP contribution in [0, 0.1) is 5.92 Å². The van der Waals surface area contributed by atoms with Crippen molar-refractivity contribution >= 4 is 28.5 Å². The molecule has 0 unspecified atom stereocenters. The highest BCUT2D eigenvalue weighted by atomic mass is 16.3. The van der Waals surface area contributed by atoms with Crippen molar-refractivity contribution in [1.29, 1.82) is 0 Å². The van der Waals surface area contributed by atoms with Gasteiger partial charge in [0, 0.05) is 55.4 Å². The Bertz CT molecular complexity index is 1110. The second kappa shape index (κ2) is 7.96. The van der Waals surface area contributed by atoms with Crippen molar-refractivity contribution in [2.75, 3.05) is 23.7 Å². The third-order valence-corrected chi connectivity index (χ3v) is 6.69. The standard InChI is InChI=1S/C24H29N5O2/c1-14-7-18(25)13-29(12-14)19-5-6-27-10-17(19)8-20(30)22-23-21(31-24(22)26)9-16(11-28-23)15-3-2-4-15/h5-6,9-11,14-15,18H,2-4,7-8,12-13,25-26H2,1H3/t14-,18+/m1/s1. The van der Waals surface area contributed by atoms with E-state index in [1.165, 1.54) is 19.3 Å². The molecule has 0 aromatic carbocycles. The number of fused-ring (bicyclic) bond motifs is 1. The molecule has 1 saturated heterocycles. The zero-order chi connectivity index (χ0) is 21.5. The number of piperidine rings is 1. The van der Waals surface area contributed by atoms with E-state index >= 15 is 0 Å². The zero-order valence-electron chi connectivity index (χ0n) is 17.9. The first-order valence-electron chi connectivity index (χ1n) is 11.1. The van der Waals surface area contributed by atoms with Crippen molar-refractivity contribution < 1.29 is 9.21 Å². The number of pyridine rings is 2. The van der Waals surface area contributed by atoms with Crippen LogP contribution in [0.3, 0.4) is 0 Å². The van der Waals surface area contributed by atoms with Gasteiger partial charge in [-0.25, -0.2) is 0 Å². The summed E-state index contributed by atoms with van der Waals surface area (Å²) in [6.45, 7) is 3.90. The van der Waals surface area contributed by atoms with E-state index in [9.17, 15) is 4.79 Å². The molecular formula is C24H29N5O2. The van der Waals surface area contributed by atoms with E-state index in [-0.39, 0.29) is 24.1 Å². The molecule has 0 amide bonds. The number of hydrogen-bond acceptors (Lipinski definition) is 7. The normalized spacial score (nSPS) is 21.9. The van der Waals surface area contributed by atoms with Crippen LogP contribution in [-0.4, -0.2) is 34.9 Å². The molecule has 0 bridgehead atoms. The summed E-state index contributed by atoms with van der Waals surface area (Å²) in [7, 11) is 0. The maximum absolute atomic E-state index is 13.3. The van der Waals surface area contributed by atoms with Gasteiger partial charge >= 0.3 is 0 Å². The largest absolute Gasteiger partial charge is 0.438 e. The highest BCUT2D eigenvalue weighted by Crippen LogP contribution is 2.38. The van der Waals surface area contributed by atoms with E-state index in [4.69, 9.17) is 15.9 Å². The number of hydrogen-bond donors (Lipinski definition) is 2. The van der Waals surface area contributed by atoms with Gasteiger partial charge in [0.2, 0.25) is 5.88 Å². The Balaban J connectivity index is 1.43. The van der Waals surface area contributed by atoms with Gasteiger partial charge in [-0.2, -0.15) is 0 Å². The van der Waals surface area contributed by atoms with Gasteiger partial charge in [-0.05, 0) is 48.8 Å². The summed E-state index contributed by atoms with van der Waals surface area (Å²) >= 11 is 0. The minimum Gasteiger partial charge on any atom is -0.438 e. The Morgan fingerprint density at radius 3 is 2.87 bits per heavy atom. The van der Waals surface area contributed by atoms with Gasteiger partial charge in [-0.3, -0.25) is 14.8 Å². The predicted octanol–water partition coefficient (Wildman–Crippen LogP) is 3.67. The first kappa shape index (κ1) is 20.0. The lowest BCUT2D eigenvalue weighted by Crippen LogP contribution is -2.46. The minimum atomic E-state index is -0.108. The number of nitrogen functional groups attached to an aromatic ring is 1. The van der Waals surface area contributed by atoms with Crippen LogP contribution in [0.25, 0.3) is 11.1 Å². The Labute approximate surface area is 181 Å². The summed E-state index contributed by atoms with van der Waals surface area (Å²) in [4.78, 5) is 24.4. The fourth-order valence-electron chi connectivity index (χ4n) is 4.97. The van der Waals surface area contributed by atoms with Gasteiger partial charge in [-0.15, -0.1) is 0 Å². The summed E-state index contributed by atoms with van der Waals surface area (Å²) in [5.41, 5.74) is 16.9. The molecule has 2 aliphatic rings. The molecule has 1 aliphatic carbocycles. The first-order chi connectivity index (χ1) is 15.0. The molecule has 3 aromatic heterocycles. The molecule has 4 heterocycles. The molecule has 3 aromatic rings. The van der Waals surface area contributed by atoms with Gasteiger partial charge in [0.15, 0.2) is 11.4 Å². The van der Waals surface area contributed by atoms with Gasteiger partial charge in [-0.1, -0.05) is 13.3 Å². The van der Waals surface area contributed by atoms with Crippen LogP contribution in [0.5, 0.6) is 0 Å². The Hall–Kier alpha value is -2.93. The Kier molecular flexibility index (Phi) is 5.14. The maximum atomic E-state index is 13.3. The molecule has 5 rings (SSSR count). The topological polar surface area (TPSA) is 111 Å². The van der Waals surface area contributed by atoms with Crippen LogP contribution in [0.15, 0.2) is 35.1 Å². The van der Waals surface area contributed by atoms with Crippen LogP contribution in [0.1, 0.15) is 60.0 Å². The lowest BCUT2D eigenvalue weighted by molar-refractivity contribution is 0.0994. The molecule has 2 fully saturated rings. The minimum absolute atomic E-state index is 0.108. The summed E-state index contributed by atoms with van der Waals surface area (Å²) < 4.78 is 5.74. The number of anilines is 2. The van der Waals surface area contributed by atoms with Crippen LogP contribution in [-0.2, 0) is 6.42 Å². The average Bonchev–Trinajstić information content (AvgIpc) is 3.01. The van der Waals surface area contributed by atoms with Crippen molar-refractivity contribution in [3.63, 3.8) is 0 Å². The molecule has 31 heavy (non-hydrogen) atoms. The van der Waals surface area contributed by atoms with Gasteiger partial charge in [0.05, 0.1) is 0 Å². The molecule has 1 saturated carbocycles. The maximum Gasteiger partial charge on any atom is 0.204 e. The molecule has 2 atom stereocenters. The van der Waals surface area contributed by atoms with Gasteiger partial charge in [0.1, 0.15) is 11.1 Å². The highest BCUT2D eigenvalue weighted by molar-refractivity contribution is 6.10. The number of rotatable bonds is 5. The molecule has 0 spiro atoms. The van der Waals surface area contributed by atoms with E-state index in [1.807, 2.05) is 18.3 Å². The molecule has 7 heteroatoms. The van der Waals surface area contributed by atoms with E-state index in [0.29, 0.717) is 28.5 Å². The number of nitrogens with two attached hydrogens (primary N) is 2. The highest BCUT2D eigenvalue weighted by Gasteiger charge is 2.27. The average molecular weight is 420 g/mol. The van der Waals surface area contributed by atoms with Gasteiger partial charge in [0.25, 0.3) is 0 Å². The fraction of sp³-hybridized carbons (Fsp3) is 0.458. The molecule has 4 N–H and O–H groups in total. The van der Waals surface area contributed by atoms with Crippen LogP contribution < -0.4 is 16.4 Å². The Morgan fingerprint density at radius 1 is 1.29 bits per heavy atom. The number of Topliss-reactive ketones (excluding diaryl/α,β-unsaturated/α-hetero) is 1. The lowest BCUT2D eigenvalue weighted by atomic mass is 9.81. The summed E-state index contributed by atoms with van der Waals surface area (Å²) in [5, 5.41) is 0. The summed E-state index contributed by atoms with van der Waals surface area (Å²) in [5.74, 6) is 1.07. The van der Waals surface area contributed by atoms with Crippen molar-refractivity contribution in [1.82, 2.24) is 9.97 Å².